The lowest BCUT2D eigenvalue weighted by molar-refractivity contribution is -0.132. The Morgan fingerprint density at radius 3 is 2.44 bits per heavy atom. The summed E-state index contributed by atoms with van der Waals surface area (Å²) in [6.45, 7) is 0. The van der Waals surface area contributed by atoms with Crippen LogP contribution in [0.3, 0.4) is 0 Å². The van der Waals surface area contributed by atoms with Gasteiger partial charge >= 0.3 is 5.97 Å². The van der Waals surface area contributed by atoms with Gasteiger partial charge in [0.1, 0.15) is 11.6 Å². The van der Waals surface area contributed by atoms with Crippen LogP contribution in [0.25, 0.3) is 6.08 Å². The average molecular weight is 240 g/mol. The standard InChI is InChI=1S/C14H12N2O2/c15-10-12(14(17)18)5-3-1-2-4-11-6-8-13(16)9-7-11/h1-9H,16H2,(H,17,18). The molecule has 0 atom stereocenters. The Morgan fingerprint density at radius 1 is 1.22 bits per heavy atom. The molecule has 0 unspecified atom stereocenters. The number of anilines is 1. The molecule has 3 N–H and O–H groups in total. The van der Waals surface area contributed by atoms with Crippen molar-refractivity contribution in [2.75, 3.05) is 5.73 Å². The van der Waals surface area contributed by atoms with Crippen LogP contribution < -0.4 is 5.73 Å². The van der Waals surface area contributed by atoms with Crippen LogP contribution >= 0.6 is 0 Å². The Labute approximate surface area is 105 Å². The van der Waals surface area contributed by atoms with Crippen molar-refractivity contribution in [2.45, 2.75) is 0 Å². The molecule has 0 bridgehead atoms. The van der Waals surface area contributed by atoms with Gasteiger partial charge in [0.15, 0.2) is 0 Å². The second-order valence-corrected chi connectivity index (χ2v) is 3.41. The van der Waals surface area contributed by atoms with Gasteiger partial charge in [-0.05, 0) is 23.8 Å². The Bertz CT molecular complexity index is 546. The van der Waals surface area contributed by atoms with Crippen LogP contribution in [0.4, 0.5) is 5.69 Å². The van der Waals surface area contributed by atoms with E-state index in [-0.39, 0.29) is 5.57 Å². The van der Waals surface area contributed by atoms with Gasteiger partial charge in [-0.1, -0.05) is 36.4 Å². The molecule has 18 heavy (non-hydrogen) atoms. The minimum Gasteiger partial charge on any atom is -0.477 e. The summed E-state index contributed by atoms with van der Waals surface area (Å²) in [5, 5.41) is 17.1. The molecule has 1 rings (SSSR count). The first kappa shape index (κ1) is 13.3. The van der Waals surface area contributed by atoms with E-state index in [1.54, 1.807) is 30.4 Å². The van der Waals surface area contributed by atoms with Crippen molar-refractivity contribution >= 4 is 17.7 Å². The number of benzene rings is 1. The van der Waals surface area contributed by atoms with Crippen LogP contribution in [-0.4, -0.2) is 11.1 Å². The molecule has 4 nitrogen and oxygen atoms in total. The van der Waals surface area contributed by atoms with Crippen molar-refractivity contribution < 1.29 is 9.90 Å². The normalized spacial score (nSPS) is 11.8. The number of carbonyl (C=O) groups is 1. The Balaban J connectivity index is 2.63. The van der Waals surface area contributed by atoms with Crippen LogP contribution in [0.2, 0.25) is 0 Å². The van der Waals surface area contributed by atoms with Gasteiger partial charge in [-0.3, -0.25) is 0 Å². The zero-order valence-electron chi connectivity index (χ0n) is 9.58. The molecule has 1 aromatic carbocycles. The third-order valence-electron chi connectivity index (χ3n) is 2.06. The van der Waals surface area contributed by atoms with Gasteiger partial charge in [-0.15, -0.1) is 0 Å². The second-order valence-electron chi connectivity index (χ2n) is 3.41. The van der Waals surface area contributed by atoms with Gasteiger partial charge in [0.2, 0.25) is 0 Å². The molecule has 0 saturated heterocycles. The molecular formula is C14H12N2O2. The van der Waals surface area contributed by atoms with Gasteiger partial charge in [0.25, 0.3) is 0 Å². The molecule has 0 saturated carbocycles. The summed E-state index contributed by atoms with van der Waals surface area (Å²) in [5.74, 6) is -1.23. The number of nitrogens with zero attached hydrogens (tertiary/aromatic N) is 1. The zero-order valence-corrected chi connectivity index (χ0v) is 9.58. The number of hydrogen-bond acceptors (Lipinski definition) is 3. The van der Waals surface area contributed by atoms with Crippen molar-refractivity contribution in [3.8, 4) is 6.07 Å². The van der Waals surface area contributed by atoms with Crippen LogP contribution in [0, 0.1) is 11.3 Å². The fraction of sp³-hybridized carbons (Fsp3) is 0. The lowest BCUT2D eigenvalue weighted by Crippen LogP contribution is -1.96. The third kappa shape index (κ3) is 4.37. The van der Waals surface area contributed by atoms with E-state index in [1.807, 2.05) is 18.2 Å². The topological polar surface area (TPSA) is 87.1 Å². The van der Waals surface area contributed by atoms with Crippen molar-refractivity contribution in [3.63, 3.8) is 0 Å². The van der Waals surface area contributed by atoms with Crippen molar-refractivity contribution in [1.82, 2.24) is 0 Å². The summed E-state index contributed by atoms with van der Waals surface area (Å²) in [6.07, 6.45) is 7.99. The molecule has 0 spiro atoms. The molecule has 0 amide bonds. The minimum atomic E-state index is -1.23. The summed E-state index contributed by atoms with van der Waals surface area (Å²) >= 11 is 0. The molecular weight excluding hydrogens is 228 g/mol. The highest BCUT2D eigenvalue weighted by Gasteiger charge is 2.01. The Kier molecular flexibility index (Phi) is 4.95. The van der Waals surface area contributed by atoms with Crippen LogP contribution in [0.1, 0.15) is 5.56 Å². The van der Waals surface area contributed by atoms with Crippen molar-refractivity contribution in [1.29, 1.82) is 5.26 Å². The summed E-state index contributed by atoms with van der Waals surface area (Å²) in [5.41, 5.74) is 6.93. The number of hydrogen-bond donors (Lipinski definition) is 2. The first-order valence-electron chi connectivity index (χ1n) is 5.17. The largest absolute Gasteiger partial charge is 0.477 e. The molecule has 0 heterocycles. The highest BCUT2D eigenvalue weighted by molar-refractivity contribution is 5.91. The zero-order chi connectivity index (χ0) is 13.4. The Hall–Kier alpha value is -2.80. The minimum absolute atomic E-state index is 0.299. The fourth-order valence-corrected chi connectivity index (χ4v) is 1.15. The third-order valence-corrected chi connectivity index (χ3v) is 2.06. The summed E-state index contributed by atoms with van der Waals surface area (Å²) in [7, 11) is 0. The summed E-state index contributed by atoms with van der Waals surface area (Å²) < 4.78 is 0. The number of nitrogens with two attached hydrogens (primary N) is 1. The smallest absolute Gasteiger partial charge is 0.346 e. The number of carboxylic acids is 1. The first-order chi connectivity index (χ1) is 8.63. The van der Waals surface area contributed by atoms with E-state index in [4.69, 9.17) is 16.1 Å². The van der Waals surface area contributed by atoms with Gasteiger partial charge in [0, 0.05) is 5.69 Å². The molecule has 0 aliphatic heterocycles. The number of carboxylic acid groups (broad SMARTS) is 1. The van der Waals surface area contributed by atoms with Gasteiger partial charge in [-0.25, -0.2) is 4.79 Å². The predicted molar refractivity (Wildman–Crippen MR) is 70.4 cm³/mol. The molecule has 90 valence electrons. The van der Waals surface area contributed by atoms with Crippen LogP contribution in [0.15, 0.2) is 54.1 Å². The van der Waals surface area contributed by atoms with E-state index >= 15 is 0 Å². The maximum absolute atomic E-state index is 10.5. The summed E-state index contributed by atoms with van der Waals surface area (Å²) in [4.78, 5) is 10.5. The van der Waals surface area contributed by atoms with Crippen molar-refractivity contribution in [3.05, 3.63) is 59.7 Å². The van der Waals surface area contributed by atoms with E-state index in [9.17, 15) is 4.79 Å². The molecule has 0 fully saturated rings. The lowest BCUT2D eigenvalue weighted by atomic mass is 10.2. The maximum atomic E-state index is 10.5. The fourth-order valence-electron chi connectivity index (χ4n) is 1.15. The molecule has 1 aromatic rings. The number of nitrogen functional groups attached to an aromatic ring is 1. The molecule has 4 heteroatoms. The van der Waals surface area contributed by atoms with E-state index in [0.29, 0.717) is 5.69 Å². The highest BCUT2D eigenvalue weighted by atomic mass is 16.4. The number of aliphatic carboxylic acids is 1. The van der Waals surface area contributed by atoms with E-state index in [0.717, 1.165) is 5.56 Å². The number of allylic oxidation sites excluding steroid dienone is 4. The first-order valence-corrected chi connectivity index (χ1v) is 5.17. The van der Waals surface area contributed by atoms with Gasteiger partial charge in [-0.2, -0.15) is 5.26 Å². The van der Waals surface area contributed by atoms with E-state index in [1.165, 1.54) is 12.2 Å². The molecule has 0 aromatic heterocycles. The number of nitriles is 1. The quantitative estimate of drug-likeness (QED) is 0.366. The SMILES string of the molecule is N#CC(=CC=CC=Cc1ccc(N)cc1)C(=O)O. The van der Waals surface area contributed by atoms with E-state index in [2.05, 4.69) is 0 Å². The molecule has 0 aliphatic carbocycles. The monoisotopic (exact) mass is 240 g/mol. The molecule has 0 aliphatic rings. The predicted octanol–water partition coefficient (Wildman–Crippen LogP) is 2.37. The Morgan fingerprint density at radius 2 is 1.89 bits per heavy atom. The van der Waals surface area contributed by atoms with Crippen molar-refractivity contribution in [2.24, 2.45) is 0 Å². The highest BCUT2D eigenvalue weighted by Crippen LogP contribution is 2.06. The maximum Gasteiger partial charge on any atom is 0.346 e. The van der Waals surface area contributed by atoms with Gasteiger partial charge in [0.05, 0.1) is 0 Å². The lowest BCUT2D eigenvalue weighted by Gasteiger charge is -1.93. The van der Waals surface area contributed by atoms with Crippen LogP contribution in [0.5, 0.6) is 0 Å². The second kappa shape index (κ2) is 6.71. The van der Waals surface area contributed by atoms with Crippen LogP contribution in [-0.2, 0) is 4.79 Å². The summed E-state index contributed by atoms with van der Waals surface area (Å²) in [6, 6.07) is 8.91. The van der Waals surface area contributed by atoms with Gasteiger partial charge < -0.3 is 10.8 Å². The number of rotatable bonds is 4. The average Bonchev–Trinajstić information content (AvgIpc) is 2.35. The van der Waals surface area contributed by atoms with E-state index < -0.39 is 5.97 Å². The molecule has 0 radical (unpaired) electrons.